The number of benzene rings is 1. The molecular formula is C29H30F4N6O2S. The van der Waals surface area contributed by atoms with E-state index in [0.717, 1.165) is 43.5 Å². The Bertz CT molecular complexity index is 1720. The summed E-state index contributed by atoms with van der Waals surface area (Å²) < 4.78 is 80.8. The van der Waals surface area contributed by atoms with Crippen LogP contribution in [-0.2, 0) is 21.8 Å². The van der Waals surface area contributed by atoms with Gasteiger partial charge in [0.1, 0.15) is 11.3 Å². The Morgan fingerprint density at radius 2 is 1.76 bits per heavy atom. The van der Waals surface area contributed by atoms with Gasteiger partial charge in [0.05, 0.1) is 33.6 Å². The number of alkyl halides is 3. The average Bonchev–Trinajstić information content (AvgIpc) is 2.94. The molecule has 3 heterocycles. The van der Waals surface area contributed by atoms with Gasteiger partial charge in [-0.3, -0.25) is 4.98 Å². The van der Waals surface area contributed by atoms with Crippen LogP contribution in [0.5, 0.6) is 0 Å². The number of pyridine rings is 2. The molecule has 0 atom stereocenters. The zero-order valence-corrected chi connectivity index (χ0v) is 24.1. The minimum absolute atomic E-state index is 0.271. The van der Waals surface area contributed by atoms with E-state index >= 15 is 4.39 Å². The lowest BCUT2D eigenvalue weighted by atomic mass is 9.91. The largest absolute Gasteiger partial charge is 0.417 e. The lowest BCUT2D eigenvalue weighted by Gasteiger charge is -2.32. The van der Waals surface area contributed by atoms with Crippen molar-refractivity contribution < 1.29 is 26.0 Å². The second-order valence-electron chi connectivity index (χ2n) is 10.8. The SMILES string of the molecule is Cc1cc(-c2ccc(CS(=O)(=O)c3cnccc3C(F)(F)F)c(F)c2)nc2cnc(NC3CCC(N(C)C)CC3)nc12. The third-order valence-electron chi connectivity index (χ3n) is 7.62. The van der Waals surface area contributed by atoms with Crippen molar-refractivity contribution >= 4 is 26.8 Å². The Morgan fingerprint density at radius 3 is 2.43 bits per heavy atom. The summed E-state index contributed by atoms with van der Waals surface area (Å²) in [5, 5.41) is 3.43. The Morgan fingerprint density at radius 1 is 1.02 bits per heavy atom. The normalized spacial score (nSPS) is 18.0. The smallest absolute Gasteiger partial charge is 0.351 e. The molecule has 1 aromatic carbocycles. The van der Waals surface area contributed by atoms with Gasteiger partial charge in [0.15, 0.2) is 9.84 Å². The summed E-state index contributed by atoms with van der Waals surface area (Å²) in [5.41, 5.74) is 1.13. The van der Waals surface area contributed by atoms with Gasteiger partial charge in [0, 0.05) is 35.6 Å². The number of aryl methyl sites for hydroxylation is 1. The lowest BCUT2D eigenvalue weighted by Crippen LogP contribution is -2.36. The van der Waals surface area contributed by atoms with E-state index in [0.29, 0.717) is 46.5 Å². The molecule has 1 saturated carbocycles. The Labute approximate surface area is 241 Å². The van der Waals surface area contributed by atoms with Crippen LogP contribution in [0.25, 0.3) is 22.3 Å². The molecule has 8 nitrogen and oxygen atoms in total. The number of sulfone groups is 1. The molecule has 222 valence electrons. The maximum Gasteiger partial charge on any atom is 0.417 e. The molecule has 0 saturated heterocycles. The van der Waals surface area contributed by atoms with Crippen LogP contribution in [0.4, 0.5) is 23.5 Å². The molecule has 42 heavy (non-hydrogen) atoms. The van der Waals surface area contributed by atoms with Crippen molar-refractivity contribution in [2.45, 2.75) is 61.5 Å². The molecule has 1 aliphatic rings. The Hall–Kier alpha value is -3.71. The summed E-state index contributed by atoms with van der Waals surface area (Å²) in [5.74, 6) is -1.32. The van der Waals surface area contributed by atoms with Crippen molar-refractivity contribution in [3.63, 3.8) is 0 Å². The first kappa shape index (κ1) is 29.8. The van der Waals surface area contributed by atoms with Gasteiger partial charge in [-0.05, 0) is 70.5 Å². The topological polar surface area (TPSA) is 101 Å². The number of anilines is 1. The summed E-state index contributed by atoms with van der Waals surface area (Å²) in [7, 11) is -0.348. The van der Waals surface area contributed by atoms with E-state index in [2.05, 4.69) is 44.2 Å². The highest BCUT2D eigenvalue weighted by molar-refractivity contribution is 7.90. The van der Waals surface area contributed by atoms with Crippen LogP contribution in [0, 0.1) is 12.7 Å². The minimum atomic E-state index is -4.90. The molecule has 1 fully saturated rings. The molecular weight excluding hydrogens is 572 g/mol. The van der Waals surface area contributed by atoms with E-state index in [4.69, 9.17) is 0 Å². The summed E-state index contributed by atoms with van der Waals surface area (Å²) in [4.78, 5) is 18.5. The van der Waals surface area contributed by atoms with Crippen LogP contribution in [0.2, 0.25) is 0 Å². The van der Waals surface area contributed by atoms with E-state index in [1.807, 2.05) is 6.92 Å². The fourth-order valence-corrected chi connectivity index (χ4v) is 6.83. The molecule has 5 rings (SSSR count). The summed E-state index contributed by atoms with van der Waals surface area (Å²) in [6.07, 6.45) is 2.43. The fourth-order valence-electron chi connectivity index (χ4n) is 5.29. The Balaban J connectivity index is 1.35. The molecule has 13 heteroatoms. The van der Waals surface area contributed by atoms with Crippen molar-refractivity contribution in [3.8, 4) is 11.3 Å². The minimum Gasteiger partial charge on any atom is -0.351 e. The van der Waals surface area contributed by atoms with E-state index in [1.165, 1.54) is 12.1 Å². The van der Waals surface area contributed by atoms with Crippen molar-refractivity contribution in [3.05, 3.63) is 71.4 Å². The monoisotopic (exact) mass is 602 g/mol. The summed E-state index contributed by atoms with van der Waals surface area (Å²) in [6.45, 7) is 1.86. The van der Waals surface area contributed by atoms with Crippen molar-refractivity contribution in [1.82, 2.24) is 24.8 Å². The zero-order chi connectivity index (χ0) is 30.2. The summed E-state index contributed by atoms with van der Waals surface area (Å²) in [6, 6.07) is 7.04. The standard InChI is InChI=1S/C29H30F4N6O2S/c1-17-12-24(37-25-14-35-28(38-27(17)25)36-20-6-8-21(9-7-20)39(2)3)18-4-5-19(23(30)13-18)16-42(40,41)26-15-34-11-10-22(26)29(31,32)33/h4-5,10-15,20-21H,6-9,16H2,1-3H3,(H,35,36,38). The molecule has 3 aromatic heterocycles. The number of nitrogens with zero attached hydrogens (tertiary/aromatic N) is 5. The predicted octanol–water partition coefficient (Wildman–Crippen LogP) is 5.81. The van der Waals surface area contributed by atoms with E-state index < -0.39 is 38.0 Å². The number of aromatic nitrogens is 4. The molecule has 0 radical (unpaired) electrons. The highest BCUT2D eigenvalue weighted by Gasteiger charge is 2.37. The average molecular weight is 603 g/mol. The molecule has 0 aliphatic heterocycles. The van der Waals surface area contributed by atoms with Crippen molar-refractivity contribution in [1.29, 1.82) is 0 Å². The van der Waals surface area contributed by atoms with Gasteiger partial charge in [-0.25, -0.2) is 27.8 Å². The number of hydrogen-bond acceptors (Lipinski definition) is 8. The number of nitrogens with one attached hydrogen (secondary N) is 1. The fraction of sp³-hybridized carbons (Fsp3) is 0.379. The van der Waals surface area contributed by atoms with Crippen molar-refractivity contribution in [2.24, 2.45) is 0 Å². The first-order valence-electron chi connectivity index (χ1n) is 13.4. The van der Waals surface area contributed by atoms with Gasteiger partial charge < -0.3 is 10.2 Å². The van der Waals surface area contributed by atoms with Gasteiger partial charge in [0.25, 0.3) is 0 Å². The van der Waals surface area contributed by atoms with Gasteiger partial charge in [-0.2, -0.15) is 13.2 Å². The van der Waals surface area contributed by atoms with E-state index in [-0.39, 0.29) is 11.6 Å². The van der Waals surface area contributed by atoms with Crippen LogP contribution in [0.1, 0.15) is 42.4 Å². The second-order valence-corrected chi connectivity index (χ2v) is 12.8. The summed E-state index contributed by atoms with van der Waals surface area (Å²) >= 11 is 0. The van der Waals surface area contributed by atoms with Crippen LogP contribution in [0.15, 0.2) is 53.8 Å². The molecule has 1 aliphatic carbocycles. The van der Waals surface area contributed by atoms with E-state index in [9.17, 15) is 21.6 Å². The number of hydrogen-bond donors (Lipinski definition) is 1. The molecule has 0 unspecified atom stereocenters. The van der Waals surface area contributed by atoms with Crippen LogP contribution in [0.3, 0.4) is 0 Å². The molecule has 4 aromatic rings. The quantitative estimate of drug-likeness (QED) is 0.265. The third-order valence-corrected chi connectivity index (χ3v) is 9.30. The molecule has 0 spiro atoms. The van der Waals surface area contributed by atoms with Crippen LogP contribution < -0.4 is 5.32 Å². The Kier molecular flexibility index (Phi) is 8.17. The molecule has 0 amide bonds. The maximum atomic E-state index is 15.1. The maximum absolute atomic E-state index is 15.1. The zero-order valence-electron chi connectivity index (χ0n) is 23.3. The van der Waals surface area contributed by atoms with Gasteiger partial charge in [-0.15, -0.1) is 0 Å². The number of halogens is 4. The van der Waals surface area contributed by atoms with Gasteiger partial charge >= 0.3 is 6.18 Å². The highest BCUT2D eigenvalue weighted by Crippen LogP contribution is 2.35. The van der Waals surface area contributed by atoms with Gasteiger partial charge in [-0.1, -0.05) is 12.1 Å². The van der Waals surface area contributed by atoms with E-state index in [1.54, 1.807) is 12.3 Å². The lowest BCUT2D eigenvalue weighted by molar-refractivity contribution is -0.140. The molecule has 1 N–H and O–H groups in total. The van der Waals surface area contributed by atoms with Crippen molar-refractivity contribution in [2.75, 3.05) is 19.4 Å². The third kappa shape index (κ3) is 6.36. The predicted molar refractivity (Wildman–Crippen MR) is 151 cm³/mol. The number of fused-ring (bicyclic) bond motifs is 1. The van der Waals surface area contributed by atoms with Gasteiger partial charge in [0.2, 0.25) is 5.95 Å². The van der Waals surface area contributed by atoms with Crippen LogP contribution >= 0.6 is 0 Å². The first-order valence-corrected chi connectivity index (χ1v) is 15.1. The number of rotatable bonds is 7. The first-order chi connectivity index (χ1) is 19.8. The molecule has 0 bridgehead atoms. The second kappa shape index (κ2) is 11.5. The highest BCUT2D eigenvalue weighted by atomic mass is 32.2. The van der Waals surface area contributed by atoms with Crippen LogP contribution in [-0.4, -0.2) is 59.4 Å².